The van der Waals surface area contributed by atoms with Gasteiger partial charge in [-0.15, -0.1) is 0 Å². The van der Waals surface area contributed by atoms with Crippen molar-refractivity contribution in [3.8, 4) is 17.8 Å². The van der Waals surface area contributed by atoms with E-state index in [9.17, 15) is 10.1 Å². The maximum absolute atomic E-state index is 14.1. The van der Waals surface area contributed by atoms with E-state index >= 15 is 0 Å². The summed E-state index contributed by atoms with van der Waals surface area (Å²) >= 11 is 0. The Morgan fingerprint density at radius 2 is 1.95 bits per heavy atom. The maximum atomic E-state index is 14.1. The lowest BCUT2D eigenvalue weighted by molar-refractivity contribution is 0.255. The summed E-state index contributed by atoms with van der Waals surface area (Å²) in [5.41, 5.74) is 4.15. The minimum Gasteiger partial charge on any atom is -0.493 e. The SMILES string of the molecule is CCCCCCNCCCn1c(=O)n([C@@H]2CCOc3ccccc32)c2nc(-n3cnc4ccc(C#N)cc43)ncc21. The summed E-state index contributed by atoms with van der Waals surface area (Å²) in [6.45, 7) is 5.14. The average molecular weight is 551 g/mol. The van der Waals surface area contributed by atoms with Crippen LogP contribution in [0.4, 0.5) is 0 Å². The van der Waals surface area contributed by atoms with Crippen molar-refractivity contribution < 1.29 is 4.74 Å². The molecule has 0 unspecified atom stereocenters. The molecule has 41 heavy (non-hydrogen) atoms. The predicted molar refractivity (Wildman–Crippen MR) is 157 cm³/mol. The van der Waals surface area contributed by atoms with Gasteiger partial charge in [-0.25, -0.2) is 14.8 Å². The minimum absolute atomic E-state index is 0.0987. The summed E-state index contributed by atoms with van der Waals surface area (Å²) in [6, 6.07) is 15.2. The molecule has 0 saturated carbocycles. The Hall–Kier alpha value is -4.49. The van der Waals surface area contributed by atoms with E-state index in [0.717, 1.165) is 41.9 Å². The summed E-state index contributed by atoms with van der Waals surface area (Å²) in [5.74, 6) is 1.19. The number of unbranched alkanes of at least 4 members (excludes halogenated alkanes) is 3. The highest BCUT2D eigenvalue weighted by Gasteiger charge is 2.28. The summed E-state index contributed by atoms with van der Waals surface area (Å²) < 4.78 is 11.3. The molecule has 1 N–H and O–H groups in total. The van der Waals surface area contributed by atoms with Crippen molar-refractivity contribution in [2.45, 2.75) is 58.0 Å². The van der Waals surface area contributed by atoms with Gasteiger partial charge < -0.3 is 10.1 Å². The first-order valence-electron chi connectivity index (χ1n) is 14.5. The third-order valence-corrected chi connectivity index (χ3v) is 7.77. The molecule has 0 amide bonds. The number of rotatable bonds is 11. The number of benzene rings is 2. The summed E-state index contributed by atoms with van der Waals surface area (Å²) in [4.78, 5) is 28.2. The van der Waals surface area contributed by atoms with E-state index in [2.05, 4.69) is 28.3 Å². The Morgan fingerprint density at radius 3 is 2.83 bits per heavy atom. The number of nitriles is 1. The zero-order valence-electron chi connectivity index (χ0n) is 23.3. The zero-order chi connectivity index (χ0) is 28.2. The van der Waals surface area contributed by atoms with Crippen LogP contribution in [0.1, 0.15) is 62.6 Å². The van der Waals surface area contributed by atoms with Gasteiger partial charge in [0.25, 0.3) is 0 Å². The second kappa shape index (κ2) is 11.9. The van der Waals surface area contributed by atoms with Crippen LogP contribution in [-0.4, -0.2) is 48.3 Å². The largest absolute Gasteiger partial charge is 0.493 e. The Balaban J connectivity index is 1.39. The molecular formula is C31H34N8O2. The van der Waals surface area contributed by atoms with Crippen LogP contribution in [0.2, 0.25) is 0 Å². The molecule has 1 aliphatic rings. The highest BCUT2D eigenvalue weighted by Crippen LogP contribution is 2.35. The molecule has 0 bridgehead atoms. The first-order chi connectivity index (χ1) is 20.2. The van der Waals surface area contributed by atoms with Crippen LogP contribution in [0.3, 0.4) is 0 Å². The number of fused-ring (bicyclic) bond motifs is 3. The van der Waals surface area contributed by atoms with E-state index in [1.54, 1.807) is 38.4 Å². The van der Waals surface area contributed by atoms with E-state index in [0.29, 0.717) is 42.2 Å². The molecule has 5 aromatic rings. The monoisotopic (exact) mass is 550 g/mol. The molecular weight excluding hydrogens is 516 g/mol. The Bertz CT molecular complexity index is 1780. The lowest BCUT2D eigenvalue weighted by Gasteiger charge is -2.26. The van der Waals surface area contributed by atoms with E-state index in [1.165, 1.54) is 25.7 Å². The van der Waals surface area contributed by atoms with Gasteiger partial charge in [-0.05, 0) is 50.2 Å². The van der Waals surface area contributed by atoms with E-state index in [-0.39, 0.29) is 11.7 Å². The lowest BCUT2D eigenvalue weighted by Crippen LogP contribution is -2.31. The molecule has 10 nitrogen and oxygen atoms in total. The Morgan fingerprint density at radius 1 is 1.07 bits per heavy atom. The molecule has 0 radical (unpaired) electrons. The molecule has 0 aliphatic carbocycles. The molecule has 2 aromatic carbocycles. The van der Waals surface area contributed by atoms with Crippen molar-refractivity contribution in [1.29, 1.82) is 5.26 Å². The standard InChI is InChI=1S/C31H34N8O2/c1-2-3-4-7-14-33-15-8-16-37-27-20-34-30(38-21-35-24-12-11-22(19-32)18-26(24)38)36-29(27)39(31(37)40)25-13-17-41-28-10-6-5-9-23(25)28/h5-6,9-12,18,20-21,25,33H,2-4,7-8,13-17H2,1H3/t25-/m1/s1. The van der Waals surface area contributed by atoms with E-state index in [4.69, 9.17) is 9.72 Å². The normalized spacial score (nSPS) is 14.7. The van der Waals surface area contributed by atoms with Crippen LogP contribution in [0.5, 0.6) is 5.75 Å². The number of imidazole rings is 2. The molecule has 10 heteroatoms. The van der Waals surface area contributed by atoms with Gasteiger partial charge in [0.2, 0.25) is 5.95 Å². The first-order valence-corrected chi connectivity index (χ1v) is 14.5. The average Bonchev–Trinajstić information content (AvgIpc) is 3.55. The number of aromatic nitrogens is 6. The molecule has 210 valence electrons. The third-order valence-electron chi connectivity index (χ3n) is 7.77. The van der Waals surface area contributed by atoms with Crippen molar-refractivity contribution in [2.24, 2.45) is 0 Å². The van der Waals surface area contributed by atoms with Gasteiger partial charge in [0.15, 0.2) is 5.65 Å². The van der Waals surface area contributed by atoms with Crippen molar-refractivity contribution in [1.82, 2.24) is 34.0 Å². The molecule has 4 heterocycles. The van der Waals surface area contributed by atoms with Crippen molar-refractivity contribution in [2.75, 3.05) is 19.7 Å². The lowest BCUT2D eigenvalue weighted by atomic mass is 10.0. The van der Waals surface area contributed by atoms with Crippen LogP contribution >= 0.6 is 0 Å². The number of hydrogen-bond donors (Lipinski definition) is 1. The highest BCUT2D eigenvalue weighted by molar-refractivity contribution is 5.79. The molecule has 0 fully saturated rings. The Kier molecular flexibility index (Phi) is 7.78. The Labute approximate surface area is 238 Å². The number of para-hydroxylation sites is 1. The van der Waals surface area contributed by atoms with Gasteiger partial charge >= 0.3 is 5.69 Å². The fraction of sp³-hybridized carbons (Fsp3) is 0.387. The summed E-state index contributed by atoms with van der Waals surface area (Å²) in [6.07, 6.45) is 9.78. The van der Waals surface area contributed by atoms with Crippen molar-refractivity contribution in [3.63, 3.8) is 0 Å². The molecule has 1 atom stereocenters. The van der Waals surface area contributed by atoms with Gasteiger partial charge in [-0.3, -0.25) is 13.7 Å². The highest BCUT2D eigenvalue weighted by atomic mass is 16.5. The van der Waals surface area contributed by atoms with Gasteiger partial charge in [-0.1, -0.05) is 44.4 Å². The third kappa shape index (κ3) is 5.21. The van der Waals surface area contributed by atoms with Gasteiger partial charge in [0.1, 0.15) is 17.6 Å². The molecule has 6 rings (SSSR count). The fourth-order valence-corrected chi connectivity index (χ4v) is 5.65. The molecule has 0 spiro atoms. The zero-order valence-corrected chi connectivity index (χ0v) is 23.3. The fourth-order valence-electron chi connectivity index (χ4n) is 5.65. The van der Waals surface area contributed by atoms with Crippen LogP contribution < -0.4 is 15.7 Å². The van der Waals surface area contributed by atoms with E-state index < -0.39 is 0 Å². The predicted octanol–water partition coefficient (Wildman–Crippen LogP) is 4.74. The molecule has 0 saturated heterocycles. The minimum atomic E-state index is -0.208. The van der Waals surface area contributed by atoms with Crippen molar-refractivity contribution in [3.05, 3.63) is 76.6 Å². The number of ether oxygens (including phenoxy) is 1. The van der Waals surface area contributed by atoms with E-state index in [1.807, 2.05) is 30.3 Å². The first kappa shape index (κ1) is 26.7. The quantitative estimate of drug-likeness (QED) is 0.236. The topological polar surface area (TPSA) is 116 Å². The maximum Gasteiger partial charge on any atom is 0.330 e. The van der Waals surface area contributed by atoms with Crippen LogP contribution in [0, 0.1) is 11.3 Å². The second-order valence-electron chi connectivity index (χ2n) is 10.5. The van der Waals surface area contributed by atoms with Crippen LogP contribution in [0.25, 0.3) is 28.1 Å². The van der Waals surface area contributed by atoms with Crippen molar-refractivity contribution >= 4 is 22.2 Å². The smallest absolute Gasteiger partial charge is 0.330 e. The number of aryl methyl sites for hydroxylation is 1. The second-order valence-corrected chi connectivity index (χ2v) is 10.5. The number of nitrogens with one attached hydrogen (secondary N) is 1. The summed E-state index contributed by atoms with van der Waals surface area (Å²) in [5, 5.41) is 12.9. The van der Waals surface area contributed by atoms with Gasteiger partial charge in [0.05, 0.1) is 41.5 Å². The van der Waals surface area contributed by atoms with Crippen LogP contribution in [0.15, 0.2) is 59.8 Å². The summed E-state index contributed by atoms with van der Waals surface area (Å²) in [7, 11) is 0. The molecule has 1 aliphatic heterocycles. The van der Waals surface area contributed by atoms with Gasteiger partial charge in [-0.2, -0.15) is 10.2 Å². The number of nitrogens with zero attached hydrogens (tertiary/aromatic N) is 7. The number of hydrogen-bond acceptors (Lipinski definition) is 7. The molecule has 3 aromatic heterocycles. The van der Waals surface area contributed by atoms with Gasteiger partial charge in [0, 0.05) is 18.5 Å². The van der Waals surface area contributed by atoms with Crippen LogP contribution in [-0.2, 0) is 6.54 Å².